The summed E-state index contributed by atoms with van der Waals surface area (Å²) < 4.78 is 0. The van der Waals surface area contributed by atoms with E-state index in [1.165, 1.54) is 19.3 Å². The Hall–Kier alpha value is -0.570. The van der Waals surface area contributed by atoms with Gasteiger partial charge in [0.25, 0.3) is 0 Å². The Bertz CT molecular complexity index is 193. The minimum atomic E-state index is 0.318. The molecule has 3 heteroatoms. The van der Waals surface area contributed by atoms with Crippen molar-refractivity contribution in [3.63, 3.8) is 0 Å². The molecule has 0 saturated carbocycles. The fourth-order valence-electron chi connectivity index (χ4n) is 2.43. The second-order valence-electron chi connectivity index (χ2n) is 4.14. The predicted octanol–water partition coefficient (Wildman–Crippen LogP) is 0.749. The third-order valence-corrected chi connectivity index (χ3v) is 3.11. The van der Waals surface area contributed by atoms with Crippen LogP contribution in [0.4, 0.5) is 0 Å². The van der Waals surface area contributed by atoms with Gasteiger partial charge in [0, 0.05) is 31.6 Å². The van der Waals surface area contributed by atoms with Crippen LogP contribution in [0.1, 0.15) is 32.6 Å². The van der Waals surface area contributed by atoms with Crippen molar-refractivity contribution >= 4 is 5.91 Å². The molecule has 2 unspecified atom stereocenters. The van der Waals surface area contributed by atoms with Gasteiger partial charge in [0.15, 0.2) is 0 Å². The number of hydrogen-bond donors (Lipinski definition) is 1. The second kappa shape index (κ2) is 3.66. The molecule has 2 saturated heterocycles. The summed E-state index contributed by atoms with van der Waals surface area (Å²) in [5.41, 5.74) is 0. The van der Waals surface area contributed by atoms with Gasteiger partial charge in [-0.2, -0.15) is 0 Å². The van der Waals surface area contributed by atoms with E-state index in [1.54, 1.807) is 0 Å². The number of nitrogens with zero attached hydrogens (tertiary/aromatic N) is 1. The van der Waals surface area contributed by atoms with Crippen molar-refractivity contribution < 1.29 is 4.79 Å². The smallest absolute Gasteiger partial charge is 0.222 e. The zero-order chi connectivity index (χ0) is 9.26. The van der Waals surface area contributed by atoms with E-state index in [-0.39, 0.29) is 0 Å². The van der Waals surface area contributed by atoms with Crippen LogP contribution in [-0.4, -0.2) is 36.0 Å². The molecule has 2 heterocycles. The maximum absolute atomic E-state index is 11.5. The fourth-order valence-corrected chi connectivity index (χ4v) is 2.43. The number of fused-ring (bicyclic) bond motifs is 2. The molecule has 2 atom stereocenters. The van der Waals surface area contributed by atoms with E-state index in [9.17, 15) is 4.79 Å². The van der Waals surface area contributed by atoms with Crippen molar-refractivity contribution in [3.8, 4) is 0 Å². The number of carbonyl (C=O) groups excluding carboxylic acids is 1. The Morgan fingerprint density at radius 2 is 2.00 bits per heavy atom. The lowest BCUT2D eigenvalue weighted by atomic mass is 9.94. The Kier molecular flexibility index (Phi) is 2.54. The predicted molar refractivity (Wildman–Crippen MR) is 51.4 cm³/mol. The number of rotatable bonds is 1. The quantitative estimate of drug-likeness (QED) is 0.649. The zero-order valence-corrected chi connectivity index (χ0v) is 8.25. The van der Waals surface area contributed by atoms with Gasteiger partial charge in [0.2, 0.25) is 5.91 Å². The molecule has 0 aromatic heterocycles. The number of amides is 1. The molecule has 2 aliphatic rings. The molecule has 0 aromatic carbocycles. The van der Waals surface area contributed by atoms with Gasteiger partial charge in [0.1, 0.15) is 0 Å². The van der Waals surface area contributed by atoms with Gasteiger partial charge >= 0.3 is 0 Å². The second-order valence-corrected chi connectivity index (χ2v) is 4.14. The average Bonchev–Trinajstić information content (AvgIpc) is 2.16. The standard InChI is InChI=1S/C10H18N2O/c1-2-10(13)12-6-8-4-3-5-9(7-12)11-8/h8-9,11H,2-7H2,1H3. The topological polar surface area (TPSA) is 32.3 Å². The number of nitrogens with one attached hydrogen (secondary N) is 1. The monoisotopic (exact) mass is 182 g/mol. The first-order valence-corrected chi connectivity index (χ1v) is 5.33. The van der Waals surface area contributed by atoms with E-state index in [0.717, 1.165) is 13.1 Å². The molecule has 2 bridgehead atoms. The molecule has 74 valence electrons. The number of hydrogen-bond acceptors (Lipinski definition) is 2. The van der Waals surface area contributed by atoms with Crippen LogP contribution in [0.5, 0.6) is 0 Å². The van der Waals surface area contributed by atoms with Crippen LogP contribution in [0.3, 0.4) is 0 Å². The van der Waals surface area contributed by atoms with Crippen molar-refractivity contribution in [2.45, 2.75) is 44.7 Å². The lowest BCUT2D eigenvalue weighted by Gasteiger charge is -2.42. The Labute approximate surface area is 79.5 Å². The molecule has 13 heavy (non-hydrogen) atoms. The molecule has 0 aromatic rings. The Balaban J connectivity index is 1.97. The summed E-state index contributed by atoms with van der Waals surface area (Å²) in [5, 5.41) is 3.57. The van der Waals surface area contributed by atoms with Crippen molar-refractivity contribution in [3.05, 3.63) is 0 Å². The third kappa shape index (κ3) is 1.85. The molecule has 2 fully saturated rings. The number of likely N-dealkylation sites (tertiary alicyclic amines) is 1. The largest absolute Gasteiger partial charge is 0.340 e. The van der Waals surface area contributed by atoms with Crippen molar-refractivity contribution in [2.24, 2.45) is 0 Å². The summed E-state index contributed by atoms with van der Waals surface area (Å²) in [6.45, 7) is 3.81. The number of carbonyl (C=O) groups is 1. The number of piperidine rings is 1. The summed E-state index contributed by atoms with van der Waals surface area (Å²) in [6.07, 6.45) is 4.46. The first kappa shape index (κ1) is 9.00. The lowest BCUT2D eigenvalue weighted by Crippen LogP contribution is -2.59. The van der Waals surface area contributed by atoms with E-state index in [2.05, 4.69) is 5.32 Å². The van der Waals surface area contributed by atoms with Gasteiger partial charge < -0.3 is 10.2 Å². The van der Waals surface area contributed by atoms with Gasteiger partial charge in [-0.15, -0.1) is 0 Å². The van der Waals surface area contributed by atoms with Crippen LogP contribution < -0.4 is 5.32 Å². The lowest BCUT2D eigenvalue weighted by molar-refractivity contribution is -0.133. The van der Waals surface area contributed by atoms with Gasteiger partial charge in [-0.25, -0.2) is 0 Å². The fraction of sp³-hybridized carbons (Fsp3) is 0.900. The summed E-state index contributed by atoms with van der Waals surface area (Å²) in [7, 11) is 0. The molecule has 1 N–H and O–H groups in total. The third-order valence-electron chi connectivity index (χ3n) is 3.11. The van der Waals surface area contributed by atoms with E-state index in [0.29, 0.717) is 24.4 Å². The van der Waals surface area contributed by atoms with E-state index in [4.69, 9.17) is 0 Å². The van der Waals surface area contributed by atoms with Crippen LogP contribution in [0.2, 0.25) is 0 Å². The highest BCUT2D eigenvalue weighted by Gasteiger charge is 2.31. The Morgan fingerprint density at radius 3 is 2.54 bits per heavy atom. The average molecular weight is 182 g/mol. The highest BCUT2D eigenvalue weighted by atomic mass is 16.2. The molecule has 0 radical (unpaired) electrons. The maximum Gasteiger partial charge on any atom is 0.222 e. The van der Waals surface area contributed by atoms with Crippen LogP contribution in [0, 0.1) is 0 Å². The zero-order valence-electron chi connectivity index (χ0n) is 8.25. The van der Waals surface area contributed by atoms with Crippen LogP contribution in [-0.2, 0) is 4.79 Å². The van der Waals surface area contributed by atoms with Crippen LogP contribution in [0.15, 0.2) is 0 Å². The SMILES string of the molecule is CCC(=O)N1CC2CCCC(C1)N2. The first-order valence-electron chi connectivity index (χ1n) is 5.33. The molecule has 2 rings (SSSR count). The molecular formula is C10H18N2O. The van der Waals surface area contributed by atoms with Crippen molar-refractivity contribution in [1.29, 1.82) is 0 Å². The molecule has 1 amide bonds. The maximum atomic E-state index is 11.5. The van der Waals surface area contributed by atoms with Gasteiger partial charge in [0.05, 0.1) is 0 Å². The van der Waals surface area contributed by atoms with Gasteiger partial charge in [-0.3, -0.25) is 4.79 Å². The molecule has 0 aliphatic carbocycles. The van der Waals surface area contributed by atoms with E-state index >= 15 is 0 Å². The molecular weight excluding hydrogens is 164 g/mol. The molecule has 3 nitrogen and oxygen atoms in total. The van der Waals surface area contributed by atoms with Crippen molar-refractivity contribution in [1.82, 2.24) is 10.2 Å². The van der Waals surface area contributed by atoms with E-state index in [1.807, 2.05) is 11.8 Å². The summed E-state index contributed by atoms with van der Waals surface area (Å²) in [4.78, 5) is 13.5. The van der Waals surface area contributed by atoms with Gasteiger partial charge in [-0.1, -0.05) is 13.3 Å². The minimum absolute atomic E-state index is 0.318. The summed E-state index contributed by atoms with van der Waals surface area (Å²) in [5.74, 6) is 0.318. The highest BCUT2D eigenvalue weighted by Crippen LogP contribution is 2.19. The van der Waals surface area contributed by atoms with E-state index < -0.39 is 0 Å². The van der Waals surface area contributed by atoms with Crippen molar-refractivity contribution in [2.75, 3.05) is 13.1 Å². The minimum Gasteiger partial charge on any atom is -0.340 e. The Morgan fingerprint density at radius 1 is 1.38 bits per heavy atom. The summed E-state index contributed by atoms with van der Waals surface area (Å²) in [6, 6.07) is 1.14. The molecule has 2 aliphatic heterocycles. The van der Waals surface area contributed by atoms with Crippen LogP contribution in [0.25, 0.3) is 0 Å². The molecule has 0 spiro atoms. The summed E-state index contributed by atoms with van der Waals surface area (Å²) >= 11 is 0. The number of piperazine rings is 1. The van der Waals surface area contributed by atoms with Gasteiger partial charge in [-0.05, 0) is 12.8 Å². The highest BCUT2D eigenvalue weighted by molar-refractivity contribution is 5.76. The van der Waals surface area contributed by atoms with Crippen LogP contribution >= 0.6 is 0 Å². The first-order chi connectivity index (χ1) is 6.29. The normalized spacial score (nSPS) is 33.2.